The molecule has 2 amide bonds. The molecule has 36 heavy (non-hydrogen) atoms. The van der Waals surface area contributed by atoms with Crippen molar-refractivity contribution in [2.24, 2.45) is 0 Å². The zero-order valence-electron chi connectivity index (χ0n) is 19.4. The van der Waals surface area contributed by atoms with Crippen LogP contribution in [0.4, 0.5) is 22.0 Å². The maximum Gasteiger partial charge on any atom is 0.471 e. The van der Waals surface area contributed by atoms with Crippen molar-refractivity contribution in [1.82, 2.24) is 10.6 Å². The predicted octanol–water partition coefficient (Wildman–Crippen LogP) is 4.14. The van der Waals surface area contributed by atoms with Crippen LogP contribution in [-0.4, -0.2) is 37.2 Å². The lowest BCUT2D eigenvalue weighted by Gasteiger charge is -2.22. The molecule has 2 aromatic carbocycles. The van der Waals surface area contributed by atoms with Crippen molar-refractivity contribution in [3.8, 4) is 16.9 Å². The molecule has 1 fully saturated rings. The normalized spacial score (nSPS) is 15.8. The van der Waals surface area contributed by atoms with Crippen LogP contribution in [0.15, 0.2) is 36.4 Å². The van der Waals surface area contributed by atoms with E-state index in [9.17, 15) is 40.0 Å². The molecule has 1 aliphatic carbocycles. The summed E-state index contributed by atoms with van der Waals surface area (Å²) in [6, 6.07) is 6.21. The molecule has 1 atom stereocenters. The molecule has 0 aliphatic heterocycles. The predicted molar refractivity (Wildman–Crippen MR) is 119 cm³/mol. The Morgan fingerprint density at radius 1 is 1.03 bits per heavy atom. The van der Waals surface area contributed by atoms with Crippen LogP contribution in [0.1, 0.15) is 45.2 Å². The molecule has 1 saturated carbocycles. The third-order valence-electron chi connectivity index (χ3n) is 5.66. The summed E-state index contributed by atoms with van der Waals surface area (Å²) in [5, 5.41) is 3.11. The highest BCUT2D eigenvalue weighted by atomic mass is 32.2. The van der Waals surface area contributed by atoms with E-state index in [0.29, 0.717) is 0 Å². The Hall–Kier alpha value is -3.22. The molecule has 0 saturated heterocycles. The number of para-hydroxylation sites is 1. The monoisotopic (exact) mass is 534 g/mol. The van der Waals surface area contributed by atoms with Gasteiger partial charge >= 0.3 is 22.2 Å². The molecule has 196 valence electrons. The van der Waals surface area contributed by atoms with E-state index in [1.807, 2.05) is 0 Å². The second kappa shape index (κ2) is 9.68. The number of carbonyl (C=O) groups excluding carboxylic acids is 2. The highest BCUT2D eigenvalue weighted by Gasteiger charge is 2.55. The van der Waals surface area contributed by atoms with E-state index in [1.165, 1.54) is 45.0 Å². The van der Waals surface area contributed by atoms with E-state index in [2.05, 4.69) is 5.32 Å². The minimum atomic E-state index is -5.16. The molecule has 0 heterocycles. The van der Waals surface area contributed by atoms with Gasteiger partial charge in [-0.2, -0.15) is 21.6 Å². The van der Waals surface area contributed by atoms with Crippen LogP contribution < -0.4 is 14.8 Å². The fraction of sp³-hybridized carbons (Fsp3) is 0.391. The SMILES string of the molecule is CC(C)S(=O)(=O)Oc1c(F)cccc1-c1ccc([C@@H](C)NC(=O)C2(NC(=O)C(F)(F)F)CC2)c(F)c1. The first-order valence-corrected chi connectivity index (χ1v) is 12.3. The van der Waals surface area contributed by atoms with Crippen molar-refractivity contribution in [2.45, 2.75) is 56.6 Å². The number of alkyl halides is 3. The standard InChI is InChI=1S/C23H23F5N2O5S/c1-12(2)36(33,34)35-19-16(5-4-6-17(19)24)14-7-8-15(18(25)11-14)13(3)29-20(31)22(9-10-22)30-21(32)23(26,27)28/h4-8,11-13H,9-10H2,1-3H3,(H,29,31)(H,30,32)/t13-/m1/s1. The van der Waals surface area contributed by atoms with Crippen molar-refractivity contribution in [1.29, 1.82) is 0 Å². The Bertz CT molecular complexity index is 1290. The fourth-order valence-electron chi connectivity index (χ4n) is 3.31. The maximum absolute atomic E-state index is 15.0. The van der Waals surface area contributed by atoms with Crippen LogP contribution in [0, 0.1) is 11.6 Å². The Kier molecular flexibility index (Phi) is 7.36. The molecule has 2 N–H and O–H groups in total. The van der Waals surface area contributed by atoms with Gasteiger partial charge in [-0.3, -0.25) is 9.59 Å². The first-order valence-electron chi connectivity index (χ1n) is 10.8. The highest BCUT2D eigenvalue weighted by Crippen LogP contribution is 2.38. The number of halogens is 5. The van der Waals surface area contributed by atoms with Crippen molar-refractivity contribution >= 4 is 21.9 Å². The summed E-state index contributed by atoms with van der Waals surface area (Å²) < 4.78 is 96.4. The van der Waals surface area contributed by atoms with Crippen LogP contribution in [0.5, 0.6) is 5.75 Å². The van der Waals surface area contributed by atoms with Gasteiger partial charge in [0.2, 0.25) is 5.91 Å². The minimum absolute atomic E-state index is 0.00355. The molecule has 0 aromatic heterocycles. The van der Waals surface area contributed by atoms with Crippen molar-refractivity contribution in [3.05, 3.63) is 53.6 Å². The van der Waals surface area contributed by atoms with Crippen LogP contribution in [-0.2, 0) is 19.7 Å². The maximum atomic E-state index is 15.0. The van der Waals surface area contributed by atoms with Gasteiger partial charge in [0.05, 0.1) is 11.3 Å². The van der Waals surface area contributed by atoms with Crippen LogP contribution >= 0.6 is 0 Å². The van der Waals surface area contributed by atoms with E-state index in [0.717, 1.165) is 12.1 Å². The number of rotatable bonds is 8. The molecule has 0 spiro atoms. The minimum Gasteiger partial charge on any atom is -0.378 e. The van der Waals surface area contributed by atoms with Gasteiger partial charge < -0.3 is 14.8 Å². The van der Waals surface area contributed by atoms with Gasteiger partial charge in [-0.1, -0.05) is 24.3 Å². The van der Waals surface area contributed by atoms with Gasteiger partial charge in [0.15, 0.2) is 11.6 Å². The molecule has 0 bridgehead atoms. The topological polar surface area (TPSA) is 102 Å². The number of nitrogens with one attached hydrogen (secondary N) is 2. The van der Waals surface area contributed by atoms with Crippen LogP contribution in [0.2, 0.25) is 0 Å². The quantitative estimate of drug-likeness (QED) is 0.392. The van der Waals surface area contributed by atoms with E-state index in [-0.39, 0.29) is 29.5 Å². The third-order valence-corrected chi connectivity index (χ3v) is 7.22. The Morgan fingerprint density at radius 2 is 1.67 bits per heavy atom. The van der Waals surface area contributed by atoms with E-state index >= 15 is 0 Å². The van der Waals surface area contributed by atoms with Gasteiger partial charge in [0.25, 0.3) is 0 Å². The molecule has 2 aromatic rings. The summed E-state index contributed by atoms with van der Waals surface area (Å²) in [5.41, 5.74) is -1.71. The Morgan fingerprint density at radius 3 is 2.19 bits per heavy atom. The van der Waals surface area contributed by atoms with Crippen molar-refractivity contribution in [3.63, 3.8) is 0 Å². The highest BCUT2D eigenvalue weighted by molar-refractivity contribution is 7.87. The van der Waals surface area contributed by atoms with Crippen molar-refractivity contribution < 1.29 is 44.1 Å². The molecule has 7 nitrogen and oxygen atoms in total. The number of benzene rings is 2. The lowest BCUT2D eigenvalue weighted by atomic mass is 9.99. The van der Waals surface area contributed by atoms with E-state index in [4.69, 9.17) is 4.18 Å². The summed E-state index contributed by atoms with van der Waals surface area (Å²) in [7, 11) is -4.16. The third kappa shape index (κ3) is 5.77. The summed E-state index contributed by atoms with van der Waals surface area (Å²) in [5.74, 6) is -5.57. The molecule has 0 radical (unpaired) electrons. The zero-order chi connectivity index (χ0) is 27.1. The molecule has 0 unspecified atom stereocenters. The second-order valence-electron chi connectivity index (χ2n) is 8.71. The summed E-state index contributed by atoms with van der Waals surface area (Å²) >= 11 is 0. The number of carbonyl (C=O) groups is 2. The van der Waals surface area contributed by atoms with Gasteiger partial charge in [-0.15, -0.1) is 0 Å². The zero-order valence-corrected chi connectivity index (χ0v) is 20.2. The molecule has 3 rings (SSSR count). The lowest BCUT2D eigenvalue weighted by molar-refractivity contribution is -0.175. The smallest absolute Gasteiger partial charge is 0.378 e. The number of amides is 2. The van der Waals surface area contributed by atoms with Gasteiger partial charge in [-0.05, 0) is 51.3 Å². The van der Waals surface area contributed by atoms with Gasteiger partial charge in [-0.25, -0.2) is 8.78 Å². The van der Waals surface area contributed by atoms with Gasteiger partial charge in [0.1, 0.15) is 11.4 Å². The summed E-state index contributed by atoms with van der Waals surface area (Å²) in [4.78, 5) is 23.7. The van der Waals surface area contributed by atoms with Crippen LogP contribution in [0.3, 0.4) is 0 Å². The average molecular weight is 535 g/mol. The second-order valence-corrected chi connectivity index (χ2v) is 10.8. The lowest BCUT2D eigenvalue weighted by Crippen LogP contribution is -2.53. The Balaban J connectivity index is 1.82. The number of hydrogen-bond donors (Lipinski definition) is 2. The van der Waals surface area contributed by atoms with E-state index in [1.54, 1.807) is 5.32 Å². The van der Waals surface area contributed by atoms with Crippen LogP contribution in [0.25, 0.3) is 11.1 Å². The Labute approximate surface area is 204 Å². The van der Waals surface area contributed by atoms with E-state index < -0.39 is 62.3 Å². The average Bonchev–Trinajstić information content (AvgIpc) is 3.54. The number of hydrogen-bond acceptors (Lipinski definition) is 5. The summed E-state index contributed by atoms with van der Waals surface area (Å²) in [6.45, 7) is 4.09. The molecule has 1 aliphatic rings. The molecular formula is C23H23F5N2O5S. The first-order chi connectivity index (χ1) is 16.6. The molecular weight excluding hydrogens is 511 g/mol. The van der Waals surface area contributed by atoms with Gasteiger partial charge in [0, 0.05) is 11.1 Å². The largest absolute Gasteiger partial charge is 0.471 e. The van der Waals surface area contributed by atoms with Crippen molar-refractivity contribution in [2.75, 3.05) is 0 Å². The summed E-state index contributed by atoms with van der Waals surface area (Å²) in [6.07, 6.45) is -5.16. The molecule has 13 heteroatoms. The first kappa shape index (κ1) is 27.4. The fourth-order valence-corrected chi connectivity index (χ4v) is 3.91.